The Balaban J connectivity index is 1.90. The van der Waals surface area contributed by atoms with E-state index in [4.69, 9.17) is 0 Å². The highest BCUT2D eigenvalue weighted by molar-refractivity contribution is 6.14. The van der Waals surface area contributed by atoms with E-state index in [0.717, 1.165) is 11.4 Å². The van der Waals surface area contributed by atoms with Crippen LogP contribution in [-0.2, 0) is 4.79 Å². The van der Waals surface area contributed by atoms with Crippen molar-refractivity contribution >= 4 is 17.3 Å². The average Bonchev–Trinajstić information content (AvgIpc) is 3.04. The Labute approximate surface area is 88.4 Å². The Kier molecular flexibility index (Phi) is 1.84. The highest BCUT2D eigenvalue weighted by atomic mass is 16.2. The highest BCUT2D eigenvalue weighted by Gasteiger charge is 2.35. The first-order valence-electron chi connectivity index (χ1n) is 5.30. The molecular weight excluding hydrogens is 188 g/mol. The molecule has 1 amide bonds. The summed E-state index contributed by atoms with van der Waals surface area (Å²) >= 11 is 0. The second-order valence-electron chi connectivity index (χ2n) is 4.08. The van der Waals surface area contributed by atoms with Crippen molar-refractivity contribution in [2.24, 2.45) is 11.0 Å². The topological polar surface area (TPSA) is 32.7 Å². The lowest BCUT2D eigenvalue weighted by Gasteiger charge is -2.10. The molecule has 1 aliphatic carbocycles. The van der Waals surface area contributed by atoms with Crippen molar-refractivity contribution < 1.29 is 4.79 Å². The summed E-state index contributed by atoms with van der Waals surface area (Å²) in [5.41, 5.74) is 1.95. The first-order chi connectivity index (χ1) is 7.34. The molecule has 1 aliphatic heterocycles. The summed E-state index contributed by atoms with van der Waals surface area (Å²) in [5.74, 6) is 0.686. The summed E-state index contributed by atoms with van der Waals surface area (Å²) in [6, 6.07) is 9.62. The minimum atomic E-state index is 0.100. The van der Waals surface area contributed by atoms with Gasteiger partial charge in [-0.2, -0.15) is 5.10 Å². The third-order valence-electron chi connectivity index (χ3n) is 2.85. The molecule has 0 atom stereocenters. The number of hydrazone groups is 1. The Morgan fingerprint density at radius 1 is 1.20 bits per heavy atom. The van der Waals surface area contributed by atoms with Gasteiger partial charge in [0.1, 0.15) is 0 Å². The number of nitrogens with zero attached hydrogens (tertiary/aromatic N) is 2. The lowest BCUT2D eigenvalue weighted by Crippen LogP contribution is -2.19. The molecular formula is C12H12N2O. The van der Waals surface area contributed by atoms with Crippen LogP contribution in [0.1, 0.15) is 19.3 Å². The average molecular weight is 200 g/mol. The van der Waals surface area contributed by atoms with Crippen LogP contribution in [0.2, 0.25) is 0 Å². The third-order valence-corrected chi connectivity index (χ3v) is 2.85. The van der Waals surface area contributed by atoms with Gasteiger partial charge in [-0.25, -0.2) is 5.01 Å². The lowest BCUT2D eigenvalue weighted by atomic mass is 10.2. The maximum absolute atomic E-state index is 11.7. The van der Waals surface area contributed by atoms with Gasteiger partial charge in [-0.05, 0) is 30.9 Å². The molecule has 0 spiro atoms. The number of hydrogen-bond acceptors (Lipinski definition) is 2. The van der Waals surface area contributed by atoms with Crippen LogP contribution in [0.3, 0.4) is 0 Å². The van der Waals surface area contributed by atoms with Gasteiger partial charge in [-0.1, -0.05) is 18.2 Å². The first-order valence-corrected chi connectivity index (χ1v) is 5.30. The van der Waals surface area contributed by atoms with Crippen molar-refractivity contribution in [2.75, 3.05) is 5.01 Å². The molecule has 15 heavy (non-hydrogen) atoms. The largest absolute Gasteiger partial charge is 0.272 e. The van der Waals surface area contributed by atoms with Crippen molar-refractivity contribution in [3.05, 3.63) is 30.3 Å². The molecule has 1 aromatic carbocycles. The zero-order valence-corrected chi connectivity index (χ0v) is 8.39. The molecule has 0 aromatic heterocycles. The number of amides is 1. The molecule has 0 N–H and O–H groups in total. The first kappa shape index (κ1) is 8.65. The van der Waals surface area contributed by atoms with Gasteiger partial charge in [0.05, 0.1) is 17.8 Å². The van der Waals surface area contributed by atoms with E-state index in [2.05, 4.69) is 5.10 Å². The van der Waals surface area contributed by atoms with Gasteiger partial charge in [-0.15, -0.1) is 0 Å². The zero-order chi connectivity index (χ0) is 10.3. The normalized spacial score (nSPS) is 20.7. The fraction of sp³-hybridized carbons (Fsp3) is 0.333. The van der Waals surface area contributed by atoms with Gasteiger partial charge < -0.3 is 0 Å². The standard InChI is InChI=1S/C12H12N2O/c15-12-8-11(9-6-7-9)13-14(12)10-4-2-1-3-5-10/h1-5,9H,6-8H2. The summed E-state index contributed by atoms with van der Waals surface area (Å²) in [6.45, 7) is 0. The van der Waals surface area contributed by atoms with Crippen LogP contribution >= 0.6 is 0 Å². The molecule has 1 saturated carbocycles. The Morgan fingerprint density at radius 3 is 2.60 bits per heavy atom. The monoisotopic (exact) mass is 200 g/mol. The molecule has 0 saturated heterocycles. The number of carbonyl (C=O) groups excluding carboxylic acids is 1. The van der Waals surface area contributed by atoms with E-state index in [1.54, 1.807) is 0 Å². The molecule has 1 aromatic rings. The minimum absolute atomic E-state index is 0.100. The number of para-hydroxylation sites is 1. The number of benzene rings is 1. The van der Waals surface area contributed by atoms with Gasteiger partial charge in [-0.3, -0.25) is 4.79 Å². The van der Waals surface area contributed by atoms with Crippen LogP contribution in [0.4, 0.5) is 5.69 Å². The highest BCUT2D eigenvalue weighted by Crippen LogP contribution is 2.35. The molecule has 76 valence electrons. The van der Waals surface area contributed by atoms with E-state index in [9.17, 15) is 4.79 Å². The van der Waals surface area contributed by atoms with Crippen LogP contribution in [0, 0.1) is 5.92 Å². The predicted octanol–water partition coefficient (Wildman–Crippen LogP) is 2.19. The number of hydrogen-bond donors (Lipinski definition) is 0. The van der Waals surface area contributed by atoms with E-state index < -0.39 is 0 Å². The quantitative estimate of drug-likeness (QED) is 0.720. The van der Waals surface area contributed by atoms with Gasteiger partial charge in [0.2, 0.25) is 0 Å². The fourth-order valence-corrected chi connectivity index (χ4v) is 1.86. The lowest BCUT2D eigenvalue weighted by molar-refractivity contribution is -0.116. The smallest absolute Gasteiger partial charge is 0.253 e. The van der Waals surface area contributed by atoms with E-state index in [1.807, 2.05) is 30.3 Å². The Morgan fingerprint density at radius 2 is 1.93 bits per heavy atom. The van der Waals surface area contributed by atoms with Crippen molar-refractivity contribution in [3.8, 4) is 0 Å². The van der Waals surface area contributed by atoms with Gasteiger partial charge >= 0.3 is 0 Å². The Hall–Kier alpha value is -1.64. The maximum atomic E-state index is 11.7. The summed E-state index contributed by atoms with van der Waals surface area (Å²) < 4.78 is 0. The van der Waals surface area contributed by atoms with Crippen LogP contribution < -0.4 is 5.01 Å². The minimum Gasteiger partial charge on any atom is -0.272 e. The zero-order valence-electron chi connectivity index (χ0n) is 8.39. The van der Waals surface area contributed by atoms with E-state index in [1.165, 1.54) is 17.9 Å². The van der Waals surface area contributed by atoms with Crippen LogP contribution in [0.15, 0.2) is 35.4 Å². The van der Waals surface area contributed by atoms with Gasteiger partial charge in [0.15, 0.2) is 0 Å². The molecule has 0 radical (unpaired) electrons. The molecule has 3 rings (SSSR count). The van der Waals surface area contributed by atoms with E-state index in [-0.39, 0.29) is 5.91 Å². The maximum Gasteiger partial charge on any atom is 0.253 e. The molecule has 2 aliphatic rings. The molecule has 3 heteroatoms. The van der Waals surface area contributed by atoms with Crippen LogP contribution in [0.25, 0.3) is 0 Å². The van der Waals surface area contributed by atoms with Crippen molar-refractivity contribution in [3.63, 3.8) is 0 Å². The van der Waals surface area contributed by atoms with Crippen molar-refractivity contribution in [2.45, 2.75) is 19.3 Å². The molecule has 0 bridgehead atoms. The summed E-state index contributed by atoms with van der Waals surface area (Å²) in [6.07, 6.45) is 2.92. The molecule has 0 unspecified atom stereocenters. The number of anilines is 1. The number of carbonyl (C=O) groups is 1. The molecule has 1 heterocycles. The van der Waals surface area contributed by atoms with E-state index >= 15 is 0 Å². The number of rotatable bonds is 2. The van der Waals surface area contributed by atoms with Gasteiger partial charge in [0, 0.05) is 0 Å². The second kappa shape index (κ2) is 3.19. The summed E-state index contributed by atoms with van der Waals surface area (Å²) in [4.78, 5) is 11.7. The van der Waals surface area contributed by atoms with Crippen molar-refractivity contribution in [1.82, 2.24) is 0 Å². The SMILES string of the molecule is O=C1CC(C2CC2)=NN1c1ccccc1. The summed E-state index contributed by atoms with van der Waals surface area (Å²) in [5, 5.41) is 5.94. The molecule has 1 fully saturated rings. The van der Waals surface area contributed by atoms with Crippen LogP contribution in [0.5, 0.6) is 0 Å². The third kappa shape index (κ3) is 1.54. The van der Waals surface area contributed by atoms with E-state index in [0.29, 0.717) is 12.3 Å². The fourth-order valence-electron chi connectivity index (χ4n) is 1.86. The van der Waals surface area contributed by atoms with Gasteiger partial charge in [0.25, 0.3) is 5.91 Å². The Bertz CT molecular complexity index is 421. The van der Waals surface area contributed by atoms with Crippen LogP contribution in [-0.4, -0.2) is 11.6 Å². The van der Waals surface area contributed by atoms with Crippen molar-refractivity contribution in [1.29, 1.82) is 0 Å². The summed E-state index contributed by atoms with van der Waals surface area (Å²) in [7, 11) is 0. The second-order valence-corrected chi connectivity index (χ2v) is 4.08. The molecule has 3 nitrogen and oxygen atoms in total. The predicted molar refractivity (Wildman–Crippen MR) is 58.7 cm³/mol.